The normalized spacial score (nSPS) is 10.8. The minimum atomic E-state index is 0.709. The van der Waals surface area contributed by atoms with Crippen molar-refractivity contribution in [3.8, 4) is 33.8 Å². The summed E-state index contributed by atoms with van der Waals surface area (Å²) in [4.78, 5) is 13.4. The molecule has 0 aliphatic heterocycles. The van der Waals surface area contributed by atoms with E-state index in [1.807, 2.05) is 55.0 Å². The first-order valence-electron chi connectivity index (χ1n) is 8.14. The summed E-state index contributed by atoms with van der Waals surface area (Å²) in [5.41, 5.74) is 5.26. The van der Waals surface area contributed by atoms with Gasteiger partial charge in [0, 0.05) is 33.4 Å². The van der Waals surface area contributed by atoms with E-state index in [9.17, 15) is 0 Å². The Morgan fingerprint density at radius 2 is 1.77 bits per heavy atom. The summed E-state index contributed by atoms with van der Waals surface area (Å²) in [5, 5.41) is 0.709. The third kappa shape index (κ3) is 3.39. The first kappa shape index (κ1) is 16.9. The Bertz CT molecular complexity index is 1040. The van der Waals surface area contributed by atoms with E-state index >= 15 is 0 Å². The van der Waals surface area contributed by atoms with Crippen LogP contribution < -0.4 is 0 Å². The molecule has 0 spiro atoms. The zero-order valence-electron chi connectivity index (χ0n) is 14.1. The van der Waals surface area contributed by atoms with Gasteiger partial charge in [-0.15, -0.1) is 11.8 Å². The van der Waals surface area contributed by atoms with Crippen LogP contribution in [0.5, 0.6) is 0 Å². The van der Waals surface area contributed by atoms with Gasteiger partial charge in [0.25, 0.3) is 0 Å². The molecule has 0 radical (unpaired) electrons. The van der Waals surface area contributed by atoms with Crippen LogP contribution in [-0.2, 0) is 0 Å². The number of benzene rings is 2. The molecule has 128 valence electrons. The molecule has 2 heterocycles. The summed E-state index contributed by atoms with van der Waals surface area (Å²) in [6, 6.07) is 18.2. The summed E-state index contributed by atoms with van der Waals surface area (Å²) in [6.45, 7) is 0. The summed E-state index contributed by atoms with van der Waals surface area (Å²) in [5.74, 6) is 0.833. The SMILES string of the molecule is CSc1ccc(-c2ncc(-c3cccc(Cl)c3)[nH]2)c(-c2ccncc2)c1. The highest BCUT2D eigenvalue weighted by Gasteiger charge is 2.12. The molecule has 0 fully saturated rings. The Morgan fingerprint density at radius 1 is 0.923 bits per heavy atom. The quantitative estimate of drug-likeness (QED) is 0.431. The number of hydrogen-bond acceptors (Lipinski definition) is 3. The lowest BCUT2D eigenvalue weighted by Gasteiger charge is -2.10. The third-order valence-electron chi connectivity index (χ3n) is 4.18. The Hall–Kier alpha value is -2.56. The first-order chi connectivity index (χ1) is 12.7. The van der Waals surface area contributed by atoms with Crippen molar-refractivity contribution in [1.82, 2.24) is 15.0 Å². The van der Waals surface area contributed by atoms with E-state index in [0.717, 1.165) is 33.8 Å². The Labute approximate surface area is 161 Å². The highest BCUT2D eigenvalue weighted by molar-refractivity contribution is 7.98. The first-order valence-corrected chi connectivity index (χ1v) is 9.74. The van der Waals surface area contributed by atoms with Gasteiger partial charge in [-0.3, -0.25) is 4.98 Å². The van der Waals surface area contributed by atoms with E-state index in [0.29, 0.717) is 5.02 Å². The van der Waals surface area contributed by atoms with Crippen LogP contribution in [0.1, 0.15) is 0 Å². The van der Waals surface area contributed by atoms with Gasteiger partial charge in [-0.25, -0.2) is 4.98 Å². The van der Waals surface area contributed by atoms with Gasteiger partial charge >= 0.3 is 0 Å². The molecule has 2 aromatic carbocycles. The van der Waals surface area contributed by atoms with Crippen LogP contribution in [0.15, 0.2) is 78.1 Å². The Kier molecular flexibility index (Phi) is 4.78. The lowest BCUT2D eigenvalue weighted by atomic mass is 10.0. The fourth-order valence-corrected chi connectivity index (χ4v) is 3.52. The van der Waals surface area contributed by atoms with Gasteiger partial charge in [-0.2, -0.15) is 0 Å². The van der Waals surface area contributed by atoms with Gasteiger partial charge in [0.2, 0.25) is 0 Å². The maximum absolute atomic E-state index is 6.11. The fraction of sp³-hybridized carbons (Fsp3) is 0.0476. The van der Waals surface area contributed by atoms with Crippen molar-refractivity contribution in [2.75, 3.05) is 6.26 Å². The predicted molar refractivity (Wildman–Crippen MR) is 109 cm³/mol. The van der Waals surface area contributed by atoms with Gasteiger partial charge < -0.3 is 4.98 Å². The molecule has 0 unspecified atom stereocenters. The van der Waals surface area contributed by atoms with E-state index in [1.54, 1.807) is 11.8 Å². The second-order valence-electron chi connectivity index (χ2n) is 5.80. The molecule has 4 rings (SSSR count). The lowest BCUT2D eigenvalue weighted by molar-refractivity contribution is 1.29. The van der Waals surface area contributed by atoms with E-state index in [4.69, 9.17) is 11.6 Å². The largest absolute Gasteiger partial charge is 0.338 e. The van der Waals surface area contributed by atoms with Crippen molar-refractivity contribution < 1.29 is 0 Å². The second kappa shape index (κ2) is 7.36. The smallest absolute Gasteiger partial charge is 0.138 e. The van der Waals surface area contributed by atoms with Crippen LogP contribution in [0.25, 0.3) is 33.8 Å². The lowest BCUT2D eigenvalue weighted by Crippen LogP contribution is -1.89. The van der Waals surface area contributed by atoms with Crippen LogP contribution in [-0.4, -0.2) is 21.2 Å². The van der Waals surface area contributed by atoms with Crippen molar-refractivity contribution in [2.45, 2.75) is 4.90 Å². The zero-order chi connectivity index (χ0) is 17.9. The molecule has 0 bridgehead atoms. The molecular formula is C21H16ClN3S. The van der Waals surface area contributed by atoms with Crippen molar-refractivity contribution in [2.24, 2.45) is 0 Å². The van der Waals surface area contributed by atoms with Gasteiger partial charge in [0.1, 0.15) is 5.82 Å². The molecule has 0 aliphatic rings. The Balaban J connectivity index is 1.81. The maximum Gasteiger partial charge on any atom is 0.138 e. The van der Waals surface area contributed by atoms with Gasteiger partial charge in [0.05, 0.1) is 11.9 Å². The van der Waals surface area contributed by atoms with Crippen molar-refractivity contribution >= 4 is 23.4 Å². The summed E-state index contributed by atoms with van der Waals surface area (Å²) >= 11 is 7.84. The average Bonchev–Trinajstić information content (AvgIpc) is 3.18. The molecule has 0 saturated carbocycles. The Morgan fingerprint density at radius 3 is 2.54 bits per heavy atom. The van der Waals surface area contributed by atoms with E-state index in [2.05, 4.69) is 39.4 Å². The minimum absolute atomic E-state index is 0.709. The predicted octanol–water partition coefficient (Wildman–Crippen LogP) is 6.18. The number of nitrogens with one attached hydrogen (secondary N) is 1. The number of pyridine rings is 1. The number of imidazole rings is 1. The molecule has 0 atom stereocenters. The molecule has 1 N–H and O–H groups in total. The topological polar surface area (TPSA) is 41.6 Å². The number of nitrogens with zero attached hydrogens (tertiary/aromatic N) is 2. The number of aromatic nitrogens is 3. The molecule has 0 amide bonds. The van der Waals surface area contributed by atoms with Gasteiger partial charge in [-0.1, -0.05) is 23.7 Å². The monoisotopic (exact) mass is 377 g/mol. The standard InChI is InChI=1S/C21H16ClN3S/c1-26-17-5-6-18(19(12-17)14-7-9-23-10-8-14)21-24-13-20(25-21)15-3-2-4-16(22)11-15/h2-13H,1H3,(H,24,25). The number of H-pyrrole nitrogens is 1. The van der Waals surface area contributed by atoms with E-state index in [-0.39, 0.29) is 0 Å². The second-order valence-corrected chi connectivity index (χ2v) is 7.12. The highest BCUT2D eigenvalue weighted by atomic mass is 35.5. The molecule has 26 heavy (non-hydrogen) atoms. The molecule has 0 saturated heterocycles. The minimum Gasteiger partial charge on any atom is -0.338 e. The number of hydrogen-bond donors (Lipinski definition) is 1. The van der Waals surface area contributed by atoms with Crippen LogP contribution in [0, 0.1) is 0 Å². The summed E-state index contributed by atoms with van der Waals surface area (Å²) in [6.07, 6.45) is 7.55. The highest BCUT2D eigenvalue weighted by Crippen LogP contribution is 2.34. The van der Waals surface area contributed by atoms with Crippen molar-refractivity contribution in [3.63, 3.8) is 0 Å². The van der Waals surface area contributed by atoms with Crippen molar-refractivity contribution in [3.05, 3.63) is 78.2 Å². The molecule has 4 aromatic rings. The van der Waals surface area contributed by atoms with Crippen LogP contribution >= 0.6 is 23.4 Å². The van der Waals surface area contributed by atoms with Crippen molar-refractivity contribution in [1.29, 1.82) is 0 Å². The van der Waals surface area contributed by atoms with Crippen LogP contribution in [0.4, 0.5) is 0 Å². The number of rotatable bonds is 4. The van der Waals surface area contributed by atoms with Crippen LogP contribution in [0.3, 0.4) is 0 Å². The third-order valence-corrected chi connectivity index (χ3v) is 5.15. The zero-order valence-corrected chi connectivity index (χ0v) is 15.7. The molecule has 0 aliphatic carbocycles. The van der Waals surface area contributed by atoms with Crippen LogP contribution in [0.2, 0.25) is 5.02 Å². The maximum atomic E-state index is 6.11. The van der Waals surface area contributed by atoms with Gasteiger partial charge in [0.15, 0.2) is 0 Å². The van der Waals surface area contributed by atoms with E-state index in [1.165, 1.54) is 4.90 Å². The molecule has 2 aromatic heterocycles. The summed E-state index contributed by atoms with van der Waals surface area (Å²) in [7, 11) is 0. The van der Waals surface area contributed by atoms with E-state index < -0.39 is 0 Å². The number of halogens is 1. The number of thioether (sulfide) groups is 1. The number of aromatic amines is 1. The average molecular weight is 378 g/mol. The molecule has 3 nitrogen and oxygen atoms in total. The fourth-order valence-electron chi connectivity index (χ4n) is 2.89. The molecular weight excluding hydrogens is 362 g/mol. The van der Waals surface area contributed by atoms with Gasteiger partial charge in [-0.05, 0) is 59.8 Å². The summed E-state index contributed by atoms with van der Waals surface area (Å²) < 4.78 is 0. The molecule has 5 heteroatoms.